The van der Waals surface area contributed by atoms with Crippen molar-refractivity contribution < 1.29 is 14.3 Å². The van der Waals surface area contributed by atoms with Gasteiger partial charge in [-0.25, -0.2) is 0 Å². The maximum absolute atomic E-state index is 12.2. The molecule has 1 aliphatic heterocycles. The fourth-order valence-electron chi connectivity index (χ4n) is 2.32. The number of fused-ring (bicyclic) bond motifs is 1. The lowest BCUT2D eigenvalue weighted by molar-refractivity contribution is 0.0955. The van der Waals surface area contributed by atoms with Crippen molar-refractivity contribution in [3.63, 3.8) is 0 Å². The van der Waals surface area contributed by atoms with E-state index in [9.17, 15) is 4.79 Å². The van der Waals surface area contributed by atoms with Crippen LogP contribution in [-0.4, -0.2) is 31.4 Å². The molecule has 0 atom stereocenters. The molecule has 3 rings (SSSR count). The Hall–Kier alpha value is -1.85. The van der Waals surface area contributed by atoms with Crippen molar-refractivity contribution in [2.45, 2.75) is 5.75 Å². The third-order valence-corrected chi connectivity index (χ3v) is 4.93. The number of nitrogens with one attached hydrogen (secondary N) is 1. The Morgan fingerprint density at radius 1 is 1.12 bits per heavy atom. The Bertz CT molecular complexity index is 723. The van der Waals surface area contributed by atoms with Gasteiger partial charge in [-0.05, 0) is 29.8 Å². The quantitative estimate of drug-likeness (QED) is 0.793. The van der Waals surface area contributed by atoms with Gasteiger partial charge in [0.2, 0.25) is 0 Å². The largest absolute Gasteiger partial charge is 0.486 e. The van der Waals surface area contributed by atoms with Gasteiger partial charge in [0.1, 0.15) is 13.2 Å². The summed E-state index contributed by atoms with van der Waals surface area (Å²) < 4.78 is 10.9. The molecule has 4 nitrogen and oxygen atoms in total. The van der Waals surface area contributed by atoms with E-state index in [0.717, 1.165) is 22.1 Å². The topological polar surface area (TPSA) is 47.6 Å². The molecule has 0 aliphatic carbocycles. The Kier molecular flexibility index (Phi) is 5.88. The smallest absolute Gasteiger partial charge is 0.251 e. The van der Waals surface area contributed by atoms with Crippen LogP contribution < -0.4 is 14.8 Å². The summed E-state index contributed by atoms with van der Waals surface area (Å²) in [5.74, 6) is 2.86. The molecule has 1 heterocycles. The minimum Gasteiger partial charge on any atom is -0.486 e. The summed E-state index contributed by atoms with van der Waals surface area (Å²) in [5.41, 5.74) is 1.69. The fourth-order valence-corrected chi connectivity index (χ4v) is 3.47. The van der Waals surface area contributed by atoms with Crippen LogP contribution in [0, 0.1) is 0 Å². The maximum Gasteiger partial charge on any atom is 0.251 e. The molecule has 0 aromatic heterocycles. The number of hydrogen-bond donors (Lipinski definition) is 1. The van der Waals surface area contributed by atoms with Gasteiger partial charge in [0, 0.05) is 28.6 Å². The lowest BCUT2D eigenvalue weighted by atomic mass is 10.2. The van der Waals surface area contributed by atoms with Gasteiger partial charge in [-0.3, -0.25) is 4.79 Å². The van der Waals surface area contributed by atoms with Crippen LogP contribution in [-0.2, 0) is 5.75 Å². The third kappa shape index (κ3) is 4.36. The first-order chi connectivity index (χ1) is 11.7. The van der Waals surface area contributed by atoms with E-state index in [-0.39, 0.29) is 5.91 Å². The molecule has 0 saturated carbocycles. The summed E-state index contributed by atoms with van der Waals surface area (Å²) in [5, 5.41) is 3.70. The molecular formula is C18H18ClNO3S. The molecule has 0 fully saturated rings. The van der Waals surface area contributed by atoms with E-state index in [1.807, 2.05) is 24.3 Å². The number of rotatable bonds is 6. The summed E-state index contributed by atoms with van der Waals surface area (Å²) in [6, 6.07) is 13.1. The molecule has 2 aromatic rings. The van der Waals surface area contributed by atoms with E-state index in [1.54, 1.807) is 30.0 Å². The zero-order valence-electron chi connectivity index (χ0n) is 13.1. The highest BCUT2D eigenvalue weighted by Gasteiger charge is 2.14. The molecule has 24 heavy (non-hydrogen) atoms. The van der Waals surface area contributed by atoms with Crippen LogP contribution in [0.1, 0.15) is 15.9 Å². The van der Waals surface area contributed by atoms with Crippen LogP contribution in [0.4, 0.5) is 0 Å². The number of amides is 1. The Morgan fingerprint density at radius 2 is 1.92 bits per heavy atom. The standard InChI is InChI=1S/C18H18ClNO3S/c19-15-4-2-1-3-14(15)12-24-10-7-20-18(21)13-5-6-16-17(11-13)23-9-8-22-16/h1-6,11H,7-10,12H2,(H,20,21). The van der Waals surface area contributed by atoms with Crippen LogP contribution >= 0.6 is 23.4 Å². The van der Waals surface area contributed by atoms with Crippen molar-refractivity contribution in [2.75, 3.05) is 25.5 Å². The van der Waals surface area contributed by atoms with Crippen LogP contribution in [0.15, 0.2) is 42.5 Å². The lowest BCUT2D eigenvalue weighted by Crippen LogP contribution is -2.26. The molecule has 2 aromatic carbocycles. The number of ether oxygens (including phenoxy) is 2. The van der Waals surface area contributed by atoms with Crippen molar-refractivity contribution in [3.05, 3.63) is 58.6 Å². The predicted molar refractivity (Wildman–Crippen MR) is 97.4 cm³/mol. The molecule has 6 heteroatoms. The fraction of sp³-hybridized carbons (Fsp3) is 0.278. The molecule has 126 valence electrons. The van der Waals surface area contributed by atoms with Gasteiger partial charge >= 0.3 is 0 Å². The number of benzene rings is 2. The molecule has 1 aliphatic rings. The minimum absolute atomic E-state index is 0.106. The van der Waals surface area contributed by atoms with Crippen LogP contribution in [0.5, 0.6) is 11.5 Å². The van der Waals surface area contributed by atoms with Crippen LogP contribution in [0.2, 0.25) is 5.02 Å². The summed E-state index contributed by atoms with van der Waals surface area (Å²) in [4.78, 5) is 12.2. The molecular weight excluding hydrogens is 346 g/mol. The van der Waals surface area contributed by atoms with Gasteiger partial charge in [-0.15, -0.1) is 0 Å². The Labute approximate surface area is 150 Å². The molecule has 0 unspecified atom stereocenters. The zero-order chi connectivity index (χ0) is 16.8. The number of thioether (sulfide) groups is 1. The first-order valence-corrected chi connectivity index (χ1v) is 9.26. The molecule has 0 bridgehead atoms. The van der Waals surface area contributed by atoms with Gasteiger partial charge in [0.05, 0.1) is 0 Å². The summed E-state index contributed by atoms with van der Waals surface area (Å²) in [6.07, 6.45) is 0. The number of carbonyl (C=O) groups excluding carboxylic acids is 1. The number of hydrogen-bond acceptors (Lipinski definition) is 4. The summed E-state index contributed by atoms with van der Waals surface area (Å²) in [6.45, 7) is 1.65. The van der Waals surface area contributed by atoms with E-state index in [4.69, 9.17) is 21.1 Å². The maximum atomic E-state index is 12.2. The molecule has 1 N–H and O–H groups in total. The lowest BCUT2D eigenvalue weighted by Gasteiger charge is -2.18. The van der Waals surface area contributed by atoms with Crippen molar-refractivity contribution in [3.8, 4) is 11.5 Å². The first kappa shape index (κ1) is 17.0. The Morgan fingerprint density at radius 3 is 2.75 bits per heavy atom. The van der Waals surface area contributed by atoms with E-state index >= 15 is 0 Å². The van der Waals surface area contributed by atoms with Crippen molar-refractivity contribution in [2.24, 2.45) is 0 Å². The van der Waals surface area contributed by atoms with E-state index in [0.29, 0.717) is 36.8 Å². The van der Waals surface area contributed by atoms with Crippen molar-refractivity contribution in [1.29, 1.82) is 0 Å². The van der Waals surface area contributed by atoms with E-state index < -0.39 is 0 Å². The number of carbonyl (C=O) groups is 1. The van der Waals surface area contributed by atoms with Crippen molar-refractivity contribution >= 4 is 29.3 Å². The zero-order valence-corrected chi connectivity index (χ0v) is 14.7. The first-order valence-electron chi connectivity index (χ1n) is 7.73. The van der Waals surface area contributed by atoms with Gasteiger partial charge in [-0.2, -0.15) is 11.8 Å². The molecule has 1 amide bonds. The highest BCUT2D eigenvalue weighted by atomic mass is 35.5. The SMILES string of the molecule is O=C(NCCSCc1ccccc1Cl)c1ccc2c(c1)OCCO2. The van der Waals surface area contributed by atoms with E-state index in [2.05, 4.69) is 5.32 Å². The minimum atomic E-state index is -0.106. The summed E-state index contributed by atoms with van der Waals surface area (Å²) in [7, 11) is 0. The number of halogens is 1. The highest BCUT2D eigenvalue weighted by molar-refractivity contribution is 7.98. The third-order valence-electron chi connectivity index (χ3n) is 3.55. The van der Waals surface area contributed by atoms with Gasteiger partial charge < -0.3 is 14.8 Å². The second-order valence-electron chi connectivity index (χ2n) is 5.26. The normalized spacial score (nSPS) is 12.7. The van der Waals surface area contributed by atoms with Gasteiger partial charge in [0.15, 0.2) is 11.5 Å². The highest BCUT2D eigenvalue weighted by Crippen LogP contribution is 2.30. The Balaban J connectivity index is 1.43. The van der Waals surface area contributed by atoms with Gasteiger partial charge in [0.25, 0.3) is 5.91 Å². The average Bonchev–Trinajstić information content (AvgIpc) is 2.62. The average molecular weight is 364 g/mol. The second kappa shape index (κ2) is 8.31. The van der Waals surface area contributed by atoms with E-state index in [1.165, 1.54) is 0 Å². The van der Waals surface area contributed by atoms with Crippen LogP contribution in [0.25, 0.3) is 0 Å². The molecule has 0 radical (unpaired) electrons. The second-order valence-corrected chi connectivity index (χ2v) is 6.77. The molecule has 0 spiro atoms. The molecule has 0 saturated heterocycles. The summed E-state index contributed by atoms with van der Waals surface area (Å²) >= 11 is 7.86. The van der Waals surface area contributed by atoms with Crippen molar-refractivity contribution in [1.82, 2.24) is 5.32 Å². The van der Waals surface area contributed by atoms with Crippen LogP contribution in [0.3, 0.4) is 0 Å². The predicted octanol–water partition coefficient (Wildman–Crippen LogP) is 3.77. The monoisotopic (exact) mass is 363 g/mol. The van der Waals surface area contributed by atoms with Gasteiger partial charge in [-0.1, -0.05) is 29.8 Å².